The van der Waals surface area contributed by atoms with Crippen molar-refractivity contribution in [1.82, 2.24) is 9.88 Å². The lowest BCUT2D eigenvalue weighted by molar-refractivity contribution is -0.114. The number of fused-ring (bicyclic) bond motifs is 1. The quantitative estimate of drug-likeness (QED) is 0.464. The highest BCUT2D eigenvalue weighted by Gasteiger charge is 2.16. The summed E-state index contributed by atoms with van der Waals surface area (Å²) < 4.78 is 65.8. The second kappa shape index (κ2) is 10.7. The van der Waals surface area contributed by atoms with Gasteiger partial charge in [-0.1, -0.05) is 6.05 Å². The zero-order chi connectivity index (χ0) is 29.1. The summed E-state index contributed by atoms with van der Waals surface area (Å²) in [6.45, 7) is -1.89. The zero-order valence-corrected chi connectivity index (χ0v) is 18.5. The highest BCUT2D eigenvalue weighted by Crippen LogP contribution is 2.34. The Kier molecular flexibility index (Phi) is 5.46. The minimum atomic E-state index is -2.81. The van der Waals surface area contributed by atoms with Crippen molar-refractivity contribution < 1.29 is 22.1 Å². The summed E-state index contributed by atoms with van der Waals surface area (Å²) >= 11 is 0. The lowest BCUT2D eigenvalue weighted by atomic mass is 10.0. The molecule has 0 bridgehead atoms. The van der Waals surface area contributed by atoms with Crippen LogP contribution in [0.5, 0.6) is 5.75 Å². The molecule has 170 valence electrons. The maximum Gasteiger partial charge on any atom is 0.159 e. The van der Waals surface area contributed by atoms with Gasteiger partial charge >= 0.3 is 0 Å². The van der Waals surface area contributed by atoms with Crippen molar-refractivity contribution in [3.8, 4) is 11.8 Å². The molecule has 3 rings (SSSR count). The molecule has 0 atom stereocenters. The first-order valence-corrected chi connectivity index (χ1v) is 10.2. The SMILES string of the molecule is [2H]/C(=C\C(=O)Cc1cc2c(Nc3ccc(F)c(C)c3)c(C#N)cnc2cc1OCC)C([2H])([2H])N(C)C([2H])([2H])[2H]. The predicted molar refractivity (Wildman–Crippen MR) is 128 cm³/mol. The lowest BCUT2D eigenvalue weighted by Gasteiger charge is -2.15. The number of nitriles is 1. The number of hydrogen-bond donors (Lipinski definition) is 1. The number of aryl methyl sites for hydroxylation is 1. The fourth-order valence-corrected chi connectivity index (χ4v) is 3.23. The molecule has 0 aliphatic heterocycles. The Hall–Kier alpha value is -3.76. The number of rotatable bonds is 9. The molecule has 1 N–H and O–H groups in total. The number of carbonyl (C=O) groups is 1. The molecular weight excluding hydrogens is 419 g/mol. The lowest BCUT2D eigenvalue weighted by Crippen LogP contribution is -2.11. The average Bonchev–Trinajstić information content (AvgIpc) is 2.86. The van der Waals surface area contributed by atoms with Gasteiger partial charge < -0.3 is 15.0 Å². The molecule has 0 unspecified atom stereocenters. The van der Waals surface area contributed by atoms with Gasteiger partial charge in [-0.05, 0) is 63.8 Å². The van der Waals surface area contributed by atoms with Crippen LogP contribution in [0.15, 0.2) is 48.7 Å². The zero-order valence-electron chi connectivity index (χ0n) is 24.5. The van der Waals surface area contributed by atoms with E-state index in [1.807, 2.05) is 0 Å². The summed E-state index contributed by atoms with van der Waals surface area (Å²) in [5.41, 5.74) is 2.38. The Morgan fingerprint density at radius 3 is 2.97 bits per heavy atom. The Morgan fingerprint density at radius 2 is 2.27 bits per heavy atom. The van der Waals surface area contributed by atoms with Crippen LogP contribution < -0.4 is 10.1 Å². The van der Waals surface area contributed by atoms with E-state index in [2.05, 4.69) is 16.4 Å². The van der Waals surface area contributed by atoms with Crippen LogP contribution in [-0.2, 0) is 11.2 Å². The van der Waals surface area contributed by atoms with Crippen LogP contribution in [0.3, 0.4) is 0 Å². The van der Waals surface area contributed by atoms with Gasteiger partial charge in [0.15, 0.2) is 5.78 Å². The van der Waals surface area contributed by atoms with Crippen LogP contribution in [0, 0.1) is 24.1 Å². The van der Waals surface area contributed by atoms with Crippen LogP contribution in [0.4, 0.5) is 15.8 Å². The molecule has 0 spiro atoms. The van der Waals surface area contributed by atoms with E-state index in [9.17, 15) is 14.4 Å². The van der Waals surface area contributed by atoms with Crippen molar-refractivity contribution in [2.75, 3.05) is 32.4 Å². The first-order chi connectivity index (χ1) is 18.2. The fraction of sp³-hybridized carbons (Fsp3) is 0.269. The number of halogens is 1. The monoisotopic (exact) mass is 452 g/mol. The maximum absolute atomic E-state index is 13.8. The smallest absolute Gasteiger partial charge is 0.159 e. The van der Waals surface area contributed by atoms with Gasteiger partial charge in [0.2, 0.25) is 0 Å². The third kappa shape index (κ3) is 5.93. The standard InChI is InChI=1S/C26H27FN4O2/c1-5-33-25-14-24-22(13-18(25)12-21(32)7-6-10-31(3)4)26(19(15-28)16-29-24)30-20-8-9-23(27)17(2)11-20/h6-9,11,13-14,16H,5,10,12H2,1-4H3,(H,29,30)/b7-6+/i3D3,6D,10D2. The Bertz CT molecular complexity index is 1480. The summed E-state index contributed by atoms with van der Waals surface area (Å²) in [6.07, 6.45) is 1.85. The molecule has 0 aliphatic carbocycles. The first kappa shape index (κ1) is 16.8. The van der Waals surface area contributed by atoms with Crippen LogP contribution in [0.2, 0.25) is 0 Å². The van der Waals surface area contributed by atoms with Crippen molar-refractivity contribution in [2.45, 2.75) is 20.3 Å². The molecule has 7 heteroatoms. The minimum absolute atomic E-state index is 0.208. The highest BCUT2D eigenvalue weighted by atomic mass is 19.1. The van der Waals surface area contributed by atoms with Crippen LogP contribution in [-0.4, -0.2) is 42.8 Å². The second-order valence-corrected chi connectivity index (χ2v) is 7.26. The van der Waals surface area contributed by atoms with Gasteiger partial charge in [-0.15, -0.1) is 0 Å². The van der Waals surface area contributed by atoms with Crippen LogP contribution in [0.25, 0.3) is 10.9 Å². The highest BCUT2D eigenvalue weighted by molar-refractivity contribution is 5.98. The Morgan fingerprint density at radius 1 is 1.45 bits per heavy atom. The Labute approximate surface area is 201 Å². The number of likely N-dealkylation sites (N-methyl/N-ethyl adjacent to an activating group) is 1. The van der Waals surface area contributed by atoms with Crippen molar-refractivity contribution in [3.63, 3.8) is 0 Å². The molecular formula is C26H27FN4O2. The van der Waals surface area contributed by atoms with E-state index in [1.54, 1.807) is 32.0 Å². The normalized spacial score (nSPS) is 15.0. The largest absolute Gasteiger partial charge is 0.494 e. The van der Waals surface area contributed by atoms with Gasteiger partial charge in [0.1, 0.15) is 17.6 Å². The number of nitrogens with one attached hydrogen (secondary N) is 1. The van der Waals surface area contributed by atoms with Crippen molar-refractivity contribution >= 4 is 28.1 Å². The van der Waals surface area contributed by atoms with Gasteiger partial charge in [0.25, 0.3) is 0 Å². The van der Waals surface area contributed by atoms with E-state index in [1.165, 1.54) is 18.3 Å². The number of benzene rings is 2. The number of allylic oxidation sites excluding steroid dienone is 1. The van der Waals surface area contributed by atoms with E-state index < -0.39 is 25.3 Å². The van der Waals surface area contributed by atoms with E-state index in [-0.39, 0.29) is 24.4 Å². The van der Waals surface area contributed by atoms with E-state index in [4.69, 9.17) is 13.0 Å². The minimum Gasteiger partial charge on any atom is -0.494 e. The summed E-state index contributed by atoms with van der Waals surface area (Å²) in [5, 5.41) is 13.3. The summed E-state index contributed by atoms with van der Waals surface area (Å²) in [7, 11) is 1.01. The maximum atomic E-state index is 13.8. The van der Waals surface area contributed by atoms with Crippen molar-refractivity contribution in [2.24, 2.45) is 0 Å². The van der Waals surface area contributed by atoms with Gasteiger partial charge in [-0.2, -0.15) is 5.26 Å². The number of ether oxygens (including phenoxy) is 1. The molecule has 33 heavy (non-hydrogen) atoms. The van der Waals surface area contributed by atoms with Crippen molar-refractivity contribution in [3.05, 3.63) is 71.2 Å². The second-order valence-electron chi connectivity index (χ2n) is 7.26. The average molecular weight is 453 g/mol. The molecule has 0 saturated heterocycles. The molecule has 3 aromatic rings. The number of pyridine rings is 1. The van der Waals surface area contributed by atoms with E-state index in [0.29, 0.717) is 44.1 Å². The number of aromatic nitrogens is 1. The first-order valence-electron chi connectivity index (χ1n) is 13.2. The third-order valence-corrected chi connectivity index (χ3v) is 4.73. The molecule has 2 aromatic carbocycles. The van der Waals surface area contributed by atoms with Gasteiger partial charge in [0.05, 0.1) is 24.7 Å². The van der Waals surface area contributed by atoms with E-state index in [0.717, 1.165) is 13.1 Å². The van der Waals surface area contributed by atoms with Crippen molar-refractivity contribution in [1.29, 1.82) is 5.26 Å². The number of ketones is 1. The van der Waals surface area contributed by atoms with Gasteiger partial charge in [0, 0.05) is 48.7 Å². The molecule has 0 fully saturated rings. The predicted octanol–water partition coefficient (Wildman–Crippen LogP) is 4.93. The number of nitrogens with zero attached hydrogens (tertiary/aromatic N) is 3. The summed E-state index contributed by atoms with van der Waals surface area (Å²) in [4.78, 5) is 17.6. The Balaban J connectivity index is 2.07. The topological polar surface area (TPSA) is 78.2 Å². The third-order valence-electron chi connectivity index (χ3n) is 4.73. The van der Waals surface area contributed by atoms with Gasteiger partial charge in [-0.3, -0.25) is 9.78 Å². The van der Waals surface area contributed by atoms with Crippen LogP contribution >= 0.6 is 0 Å². The fourth-order valence-electron chi connectivity index (χ4n) is 3.23. The molecule has 1 aromatic heterocycles. The number of carbonyl (C=O) groups excluding carboxylic acids is 1. The molecule has 0 saturated carbocycles. The molecule has 0 radical (unpaired) electrons. The molecule has 0 amide bonds. The van der Waals surface area contributed by atoms with Gasteiger partial charge in [-0.25, -0.2) is 4.39 Å². The molecule has 0 aliphatic rings. The molecule has 6 nitrogen and oxygen atoms in total. The van der Waals surface area contributed by atoms with E-state index >= 15 is 0 Å². The van der Waals surface area contributed by atoms with Crippen LogP contribution in [0.1, 0.15) is 31.8 Å². The number of anilines is 2. The molecule has 1 heterocycles. The summed E-state index contributed by atoms with van der Waals surface area (Å²) in [5.74, 6) is -0.697. The number of hydrogen-bond acceptors (Lipinski definition) is 6. The summed E-state index contributed by atoms with van der Waals surface area (Å²) in [6, 6.07) is 8.91.